The van der Waals surface area contributed by atoms with E-state index in [0.29, 0.717) is 4.47 Å². The lowest BCUT2D eigenvalue weighted by Gasteiger charge is -2.21. The molecule has 0 radical (unpaired) electrons. The molecule has 1 nitrogen and oxygen atoms in total. The number of hydrogen-bond acceptors (Lipinski definition) is 1. The highest BCUT2D eigenvalue weighted by Crippen LogP contribution is 2.30. The second-order valence-electron chi connectivity index (χ2n) is 5.35. The zero-order valence-electron chi connectivity index (χ0n) is 10.1. The van der Waals surface area contributed by atoms with Gasteiger partial charge in [-0.2, -0.15) is 0 Å². The van der Waals surface area contributed by atoms with Gasteiger partial charge < -0.3 is 5.73 Å². The van der Waals surface area contributed by atoms with E-state index in [1.54, 1.807) is 6.07 Å². The molecular weight excluding hydrogens is 269 g/mol. The Morgan fingerprint density at radius 1 is 1.38 bits per heavy atom. The van der Waals surface area contributed by atoms with Crippen molar-refractivity contribution in [2.45, 2.75) is 39.7 Å². The van der Waals surface area contributed by atoms with Gasteiger partial charge in [0.25, 0.3) is 0 Å². The highest BCUT2D eigenvalue weighted by Gasteiger charge is 2.16. The molecule has 1 rings (SSSR count). The molecule has 0 heterocycles. The molecule has 1 unspecified atom stereocenters. The van der Waals surface area contributed by atoms with Crippen LogP contribution in [0.25, 0.3) is 0 Å². The minimum absolute atomic E-state index is 0.107. The van der Waals surface area contributed by atoms with Gasteiger partial charge in [0.2, 0.25) is 0 Å². The summed E-state index contributed by atoms with van der Waals surface area (Å²) in [6, 6.07) is 4.90. The quantitative estimate of drug-likeness (QED) is 0.875. The van der Waals surface area contributed by atoms with Crippen molar-refractivity contribution in [1.29, 1.82) is 0 Å². The molecule has 90 valence electrons. The zero-order chi connectivity index (χ0) is 12.3. The third kappa shape index (κ3) is 3.87. The van der Waals surface area contributed by atoms with Crippen LogP contribution >= 0.6 is 15.9 Å². The molecule has 0 saturated carbocycles. The van der Waals surface area contributed by atoms with Crippen molar-refractivity contribution in [3.05, 3.63) is 34.1 Å². The van der Waals surface area contributed by atoms with Gasteiger partial charge >= 0.3 is 0 Å². The van der Waals surface area contributed by atoms with Crippen LogP contribution in [0.2, 0.25) is 0 Å². The molecule has 1 atom stereocenters. The summed E-state index contributed by atoms with van der Waals surface area (Å²) in [5, 5.41) is 0. The summed E-state index contributed by atoms with van der Waals surface area (Å²) in [7, 11) is 0. The molecule has 0 aliphatic heterocycles. The number of halogens is 2. The van der Waals surface area contributed by atoms with E-state index >= 15 is 0 Å². The van der Waals surface area contributed by atoms with Gasteiger partial charge in [-0.25, -0.2) is 4.39 Å². The Bertz CT molecular complexity index is 357. The average Bonchev–Trinajstić information content (AvgIpc) is 2.17. The molecule has 1 aromatic rings. The predicted molar refractivity (Wildman–Crippen MR) is 69.7 cm³/mol. The van der Waals surface area contributed by atoms with E-state index in [1.165, 1.54) is 6.07 Å². The Hall–Kier alpha value is -0.410. The molecular formula is C13H19BrFN. The summed E-state index contributed by atoms with van der Waals surface area (Å²) >= 11 is 3.25. The SMILES string of the molecule is CC(C)(C)CCC(N)c1cccc(F)c1Br. The van der Waals surface area contributed by atoms with E-state index in [0.717, 1.165) is 18.4 Å². The van der Waals surface area contributed by atoms with Crippen molar-refractivity contribution in [2.75, 3.05) is 0 Å². The number of benzene rings is 1. The molecule has 0 spiro atoms. The summed E-state index contributed by atoms with van der Waals surface area (Å²) < 4.78 is 13.8. The normalized spacial score (nSPS) is 13.9. The van der Waals surface area contributed by atoms with E-state index in [4.69, 9.17) is 5.73 Å². The van der Waals surface area contributed by atoms with Crippen LogP contribution < -0.4 is 5.73 Å². The summed E-state index contributed by atoms with van der Waals surface area (Å²) in [5.41, 5.74) is 7.19. The maximum Gasteiger partial charge on any atom is 0.137 e. The highest BCUT2D eigenvalue weighted by atomic mass is 79.9. The smallest absolute Gasteiger partial charge is 0.137 e. The van der Waals surface area contributed by atoms with E-state index in [2.05, 4.69) is 36.7 Å². The highest BCUT2D eigenvalue weighted by molar-refractivity contribution is 9.10. The number of rotatable bonds is 3. The third-order valence-electron chi connectivity index (χ3n) is 2.59. The number of nitrogens with two attached hydrogens (primary N) is 1. The third-order valence-corrected chi connectivity index (χ3v) is 3.42. The van der Waals surface area contributed by atoms with Gasteiger partial charge in [0.1, 0.15) is 5.82 Å². The Labute approximate surface area is 105 Å². The molecule has 0 aliphatic carbocycles. The molecule has 16 heavy (non-hydrogen) atoms. The molecule has 0 fully saturated rings. The van der Waals surface area contributed by atoms with Crippen LogP contribution in [-0.2, 0) is 0 Å². The van der Waals surface area contributed by atoms with Crippen LogP contribution in [0.3, 0.4) is 0 Å². The Kier molecular flexibility index (Phi) is 4.51. The first-order chi connectivity index (χ1) is 7.31. The van der Waals surface area contributed by atoms with Gasteiger partial charge in [-0.15, -0.1) is 0 Å². The molecule has 0 bridgehead atoms. The van der Waals surface area contributed by atoms with Gasteiger partial charge in [0.15, 0.2) is 0 Å². The fourth-order valence-corrected chi connectivity index (χ4v) is 2.11. The summed E-state index contributed by atoms with van der Waals surface area (Å²) in [5.74, 6) is -0.247. The predicted octanol–water partition coefficient (Wildman–Crippen LogP) is 4.41. The standard InChI is InChI=1S/C13H19BrFN/c1-13(2,3)8-7-11(16)9-5-4-6-10(15)12(9)14/h4-6,11H,7-8,16H2,1-3H3. The summed E-state index contributed by atoms with van der Waals surface area (Å²) in [4.78, 5) is 0. The van der Waals surface area contributed by atoms with Crippen LogP contribution in [-0.4, -0.2) is 0 Å². The van der Waals surface area contributed by atoms with Crippen LogP contribution in [0, 0.1) is 11.2 Å². The lowest BCUT2D eigenvalue weighted by atomic mass is 9.87. The van der Waals surface area contributed by atoms with Gasteiger partial charge in [-0.1, -0.05) is 32.9 Å². The largest absolute Gasteiger partial charge is 0.324 e. The first-order valence-corrected chi connectivity index (χ1v) is 6.30. The maximum atomic E-state index is 13.3. The van der Waals surface area contributed by atoms with Gasteiger partial charge in [0.05, 0.1) is 4.47 Å². The fourth-order valence-electron chi connectivity index (χ4n) is 1.55. The first-order valence-electron chi connectivity index (χ1n) is 5.51. The van der Waals surface area contributed by atoms with Crippen molar-refractivity contribution >= 4 is 15.9 Å². The topological polar surface area (TPSA) is 26.0 Å². The minimum Gasteiger partial charge on any atom is -0.324 e. The van der Waals surface area contributed by atoms with Crippen molar-refractivity contribution in [3.8, 4) is 0 Å². The monoisotopic (exact) mass is 287 g/mol. The second-order valence-corrected chi connectivity index (χ2v) is 6.14. The number of hydrogen-bond donors (Lipinski definition) is 1. The van der Waals surface area contributed by atoms with Crippen molar-refractivity contribution in [2.24, 2.45) is 11.1 Å². The molecule has 2 N–H and O–H groups in total. The average molecular weight is 288 g/mol. The van der Waals surface area contributed by atoms with Crippen molar-refractivity contribution in [1.82, 2.24) is 0 Å². The van der Waals surface area contributed by atoms with Crippen LogP contribution in [0.5, 0.6) is 0 Å². The van der Waals surface area contributed by atoms with Gasteiger partial charge in [-0.05, 0) is 45.8 Å². The first kappa shape index (κ1) is 13.7. The maximum absolute atomic E-state index is 13.3. The fraction of sp³-hybridized carbons (Fsp3) is 0.538. The van der Waals surface area contributed by atoms with E-state index in [9.17, 15) is 4.39 Å². The lowest BCUT2D eigenvalue weighted by molar-refractivity contribution is 0.349. The Morgan fingerprint density at radius 2 is 2.00 bits per heavy atom. The van der Waals surface area contributed by atoms with Crippen LogP contribution in [0.1, 0.15) is 45.2 Å². The van der Waals surface area contributed by atoms with Gasteiger partial charge in [-0.3, -0.25) is 0 Å². The van der Waals surface area contributed by atoms with Gasteiger partial charge in [0, 0.05) is 6.04 Å². The summed E-state index contributed by atoms with van der Waals surface area (Å²) in [6.45, 7) is 6.54. The molecule has 0 aromatic heterocycles. The lowest BCUT2D eigenvalue weighted by Crippen LogP contribution is -2.15. The van der Waals surface area contributed by atoms with E-state index < -0.39 is 0 Å². The molecule has 1 aromatic carbocycles. The Morgan fingerprint density at radius 3 is 2.56 bits per heavy atom. The van der Waals surface area contributed by atoms with Crippen molar-refractivity contribution in [3.63, 3.8) is 0 Å². The molecule has 3 heteroatoms. The van der Waals surface area contributed by atoms with E-state index in [1.807, 2.05) is 6.07 Å². The second kappa shape index (κ2) is 5.28. The summed E-state index contributed by atoms with van der Waals surface area (Å²) in [6.07, 6.45) is 1.89. The van der Waals surface area contributed by atoms with Crippen LogP contribution in [0.4, 0.5) is 4.39 Å². The molecule has 0 aliphatic rings. The zero-order valence-corrected chi connectivity index (χ0v) is 11.6. The minimum atomic E-state index is -0.247. The van der Waals surface area contributed by atoms with E-state index in [-0.39, 0.29) is 17.3 Å². The molecule has 0 saturated heterocycles. The Balaban J connectivity index is 2.73. The molecule has 0 amide bonds. The van der Waals surface area contributed by atoms with Crippen LogP contribution in [0.15, 0.2) is 22.7 Å². The van der Waals surface area contributed by atoms with Crippen molar-refractivity contribution < 1.29 is 4.39 Å².